The molecule has 0 aromatic carbocycles. The van der Waals surface area contributed by atoms with Crippen LogP contribution in [0.25, 0.3) is 0 Å². The van der Waals surface area contributed by atoms with E-state index in [-0.39, 0.29) is 0 Å². The van der Waals surface area contributed by atoms with Crippen molar-refractivity contribution >= 4 is 6.29 Å². The highest BCUT2D eigenvalue weighted by Gasteiger charge is 2.69. The van der Waals surface area contributed by atoms with E-state index in [1.54, 1.807) is 0 Å². The maximum atomic E-state index is 11.1. The Morgan fingerprint density at radius 3 is 2.19 bits per heavy atom. The second-order valence-electron chi connectivity index (χ2n) is 15.3. The molecule has 2 unspecified atom stereocenters. The molecule has 0 aliphatic heterocycles. The summed E-state index contributed by atoms with van der Waals surface area (Å²) in [6.45, 7) is 23.5. The Hall–Kier alpha value is -0.330. The first-order chi connectivity index (χ1) is 14.2. The van der Waals surface area contributed by atoms with Gasteiger partial charge in [-0.05, 0) is 114 Å². The van der Waals surface area contributed by atoms with Gasteiger partial charge in [-0.25, -0.2) is 0 Å². The number of aldehydes is 1. The number of fused-ring (bicyclic) bond motifs is 5. The van der Waals surface area contributed by atoms with Crippen LogP contribution in [0.4, 0.5) is 0 Å². The lowest BCUT2D eigenvalue weighted by atomic mass is 9.34. The first-order valence-corrected chi connectivity index (χ1v) is 13.6. The summed E-state index contributed by atoms with van der Waals surface area (Å²) in [6.07, 6.45) is 12.9. The molecule has 8 atom stereocenters. The predicted molar refractivity (Wildman–Crippen MR) is 132 cm³/mol. The van der Waals surface area contributed by atoms with E-state index in [0.29, 0.717) is 33.0 Å². The van der Waals surface area contributed by atoms with Crippen LogP contribution in [0.3, 0.4) is 0 Å². The molecule has 4 fully saturated rings. The monoisotopic (exact) mass is 428 g/mol. The van der Waals surface area contributed by atoms with Gasteiger partial charge in [-0.3, -0.25) is 0 Å². The fraction of sp³-hybridized carbons (Fsp3) is 0.967. The first kappa shape index (κ1) is 23.8. The summed E-state index contributed by atoms with van der Waals surface area (Å²) in [5.41, 5.74) is 2.30. The van der Waals surface area contributed by atoms with Gasteiger partial charge in [0, 0.05) is 6.42 Å². The molecule has 178 valence electrons. The molecule has 31 heavy (non-hydrogen) atoms. The molecule has 0 bridgehead atoms. The molecular weight excluding hydrogens is 376 g/mol. The number of hydrogen-bond donors (Lipinski definition) is 0. The Labute approximate surface area is 193 Å². The lowest BCUT2D eigenvalue weighted by Crippen LogP contribution is -2.63. The van der Waals surface area contributed by atoms with Crippen molar-refractivity contribution in [2.75, 3.05) is 0 Å². The molecule has 1 heteroatoms. The Balaban J connectivity index is 1.73. The van der Waals surface area contributed by atoms with E-state index in [9.17, 15) is 4.79 Å². The third kappa shape index (κ3) is 3.41. The highest BCUT2D eigenvalue weighted by Crippen LogP contribution is 2.76. The summed E-state index contributed by atoms with van der Waals surface area (Å²) in [6, 6.07) is 0. The van der Waals surface area contributed by atoms with E-state index < -0.39 is 0 Å². The third-order valence-electron chi connectivity index (χ3n) is 12.4. The van der Waals surface area contributed by atoms with Crippen LogP contribution in [-0.4, -0.2) is 6.29 Å². The van der Waals surface area contributed by atoms with Gasteiger partial charge in [0.25, 0.3) is 0 Å². The van der Waals surface area contributed by atoms with Gasteiger partial charge in [0.15, 0.2) is 0 Å². The van der Waals surface area contributed by atoms with Crippen LogP contribution in [0.5, 0.6) is 0 Å². The van der Waals surface area contributed by atoms with Gasteiger partial charge >= 0.3 is 0 Å². The molecule has 0 saturated heterocycles. The zero-order valence-electron chi connectivity index (χ0n) is 22.3. The highest BCUT2D eigenvalue weighted by atomic mass is 16.1. The van der Waals surface area contributed by atoms with E-state index in [1.807, 2.05) is 0 Å². The molecule has 4 aliphatic carbocycles. The molecular formula is C30H52O. The molecule has 0 amide bonds. The Morgan fingerprint density at radius 2 is 1.55 bits per heavy atom. The van der Waals surface area contributed by atoms with Crippen LogP contribution in [-0.2, 0) is 4.79 Å². The molecule has 0 spiro atoms. The van der Waals surface area contributed by atoms with E-state index >= 15 is 0 Å². The standard InChI is InChI=1S/C30H52O/c1-20(11-10-16-31)22-12-13-23-25-24(19-28(6,7)30(22,23)9)29(8)15-14-26(2,3)17-21(29)18-27(25,4)5/h16,20-25H,10-15,17-19H2,1-9H3/t20?,21-,22?,23-,24-,25-,29-,30+/m0/s1. The molecule has 0 aromatic rings. The maximum Gasteiger partial charge on any atom is 0.120 e. The lowest BCUT2D eigenvalue weighted by molar-refractivity contribution is -0.218. The van der Waals surface area contributed by atoms with Gasteiger partial charge < -0.3 is 4.79 Å². The molecule has 1 nitrogen and oxygen atoms in total. The summed E-state index contributed by atoms with van der Waals surface area (Å²) >= 11 is 0. The second-order valence-corrected chi connectivity index (χ2v) is 15.3. The third-order valence-corrected chi connectivity index (χ3v) is 12.4. The van der Waals surface area contributed by atoms with Crippen molar-refractivity contribution < 1.29 is 4.79 Å². The van der Waals surface area contributed by atoms with Crippen LogP contribution >= 0.6 is 0 Å². The van der Waals surface area contributed by atoms with Crippen molar-refractivity contribution in [2.45, 2.75) is 120 Å². The van der Waals surface area contributed by atoms with Gasteiger partial charge in [-0.15, -0.1) is 0 Å². The first-order valence-electron chi connectivity index (χ1n) is 13.6. The van der Waals surface area contributed by atoms with Crippen molar-refractivity contribution in [1.82, 2.24) is 0 Å². The van der Waals surface area contributed by atoms with Crippen molar-refractivity contribution in [3.63, 3.8) is 0 Å². The second kappa shape index (κ2) is 7.33. The summed E-state index contributed by atoms with van der Waals surface area (Å²) in [5.74, 6) is 4.95. The summed E-state index contributed by atoms with van der Waals surface area (Å²) in [4.78, 5) is 11.1. The average Bonchev–Trinajstić information content (AvgIpc) is 3.00. The number of carbonyl (C=O) groups excluding carboxylic acids is 1. The van der Waals surface area contributed by atoms with Crippen LogP contribution in [0.15, 0.2) is 0 Å². The SMILES string of the molecule is CC(CCC=O)C1CC[C@H]2[C@H]3[C@H](CC(C)(C)[C@]12C)[C@@]1(C)CCC(C)(C)C[C@H]1CC3(C)C. The highest BCUT2D eigenvalue weighted by molar-refractivity contribution is 5.49. The molecule has 0 radical (unpaired) electrons. The molecule has 0 aromatic heterocycles. The normalized spacial score (nSPS) is 48.2. The molecule has 4 saturated carbocycles. The largest absolute Gasteiger partial charge is 0.303 e. The fourth-order valence-corrected chi connectivity index (χ4v) is 10.5. The Bertz CT molecular complexity index is 701. The zero-order chi connectivity index (χ0) is 23.0. The van der Waals surface area contributed by atoms with Crippen molar-refractivity contribution in [3.8, 4) is 0 Å². The van der Waals surface area contributed by atoms with Crippen LogP contribution in [0.1, 0.15) is 120 Å². The summed E-state index contributed by atoms with van der Waals surface area (Å²) in [5, 5.41) is 0. The number of carbonyl (C=O) groups is 1. The van der Waals surface area contributed by atoms with E-state index in [2.05, 4.69) is 62.3 Å². The average molecular weight is 429 g/mol. The zero-order valence-corrected chi connectivity index (χ0v) is 22.3. The minimum Gasteiger partial charge on any atom is -0.303 e. The fourth-order valence-electron chi connectivity index (χ4n) is 10.5. The number of rotatable bonds is 4. The molecule has 4 rings (SSSR count). The molecule has 0 N–H and O–H groups in total. The predicted octanol–water partition coefficient (Wildman–Crippen LogP) is 8.56. The smallest absolute Gasteiger partial charge is 0.120 e. The summed E-state index contributed by atoms with van der Waals surface area (Å²) in [7, 11) is 0. The van der Waals surface area contributed by atoms with Gasteiger partial charge in [-0.1, -0.05) is 62.3 Å². The Morgan fingerprint density at radius 1 is 0.871 bits per heavy atom. The van der Waals surface area contributed by atoms with Crippen molar-refractivity contribution in [1.29, 1.82) is 0 Å². The van der Waals surface area contributed by atoms with Gasteiger partial charge in [0.1, 0.15) is 6.29 Å². The maximum absolute atomic E-state index is 11.1. The summed E-state index contributed by atoms with van der Waals surface area (Å²) < 4.78 is 0. The van der Waals surface area contributed by atoms with Gasteiger partial charge in [0.05, 0.1) is 0 Å². The molecule has 4 aliphatic rings. The van der Waals surface area contributed by atoms with E-state index in [0.717, 1.165) is 48.7 Å². The van der Waals surface area contributed by atoms with E-state index in [1.165, 1.54) is 44.9 Å². The van der Waals surface area contributed by atoms with E-state index in [4.69, 9.17) is 0 Å². The van der Waals surface area contributed by atoms with Crippen LogP contribution in [0, 0.1) is 62.6 Å². The minimum absolute atomic E-state index is 0.378. The van der Waals surface area contributed by atoms with Crippen LogP contribution < -0.4 is 0 Å². The van der Waals surface area contributed by atoms with Crippen molar-refractivity contribution in [2.24, 2.45) is 62.6 Å². The number of hydrogen-bond acceptors (Lipinski definition) is 1. The van der Waals surface area contributed by atoms with Crippen molar-refractivity contribution in [3.05, 3.63) is 0 Å². The van der Waals surface area contributed by atoms with Gasteiger partial charge in [0.2, 0.25) is 0 Å². The van der Waals surface area contributed by atoms with Gasteiger partial charge in [-0.2, -0.15) is 0 Å². The minimum atomic E-state index is 0.378. The lowest BCUT2D eigenvalue weighted by Gasteiger charge is -2.70. The molecule has 0 heterocycles. The topological polar surface area (TPSA) is 17.1 Å². The van der Waals surface area contributed by atoms with Crippen LogP contribution in [0.2, 0.25) is 0 Å². The Kier molecular flexibility index (Phi) is 5.63. The quantitative estimate of drug-likeness (QED) is 0.410.